The molecule has 0 spiro atoms. The van der Waals surface area contributed by atoms with Gasteiger partial charge >= 0.3 is 0 Å². The molecule has 0 saturated carbocycles. The first-order valence-electron chi connectivity index (χ1n) is 9.37. The summed E-state index contributed by atoms with van der Waals surface area (Å²) in [5.41, 5.74) is 5.11. The molecule has 0 aliphatic rings. The Bertz CT molecular complexity index is 1300. The molecule has 0 saturated heterocycles. The van der Waals surface area contributed by atoms with Crippen LogP contribution in [-0.4, -0.2) is 17.1 Å². The number of benzene rings is 2. The fourth-order valence-electron chi connectivity index (χ4n) is 3.23. The first-order chi connectivity index (χ1) is 15.2. The standard InChI is InChI=1S/C24H17N5OS/c25-14-22-20(10-12-31-22)17-6-8-19(9-7-17)29-24(30)21-5-2-11-27-23(21)18-4-1-3-16(13-18)15-28-26/h1-13,15H,26H2,(H,29,30). The maximum Gasteiger partial charge on any atom is 0.257 e. The number of carbonyl (C=O) groups is 1. The van der Waals surface area contributed by atoms with Gasteiger partial charge in [-0.2, -0.15) is 10.4 Å². The van der Waals surface area contributed by atoms with E-state index in [9.17, 15) is 10.1 Å². The highest BCUT2D eigenvalue weighted by Gasteiger charge is 2.15. The molecular weight excluding hydrogens is 406 g/mol. The molecule has 3 N–H and O–H groups in total. The number of rotatable bonds is 5. The molecule has 2 aromatic carbocycles. The van der Waals surface area contributed by atoms with Gasteiger partial charge in [-0.15, -0.1) is 11.3 Å². The number of hydrogen-bond donors (Lipinski definition) is 2. The summed E-state index contributed by atoms with van der Waals surface area (Å²) in [7, 11) is 0. The summed E-state index contributed by atoms with van der Waals surface area (Å²) < 4.78 is 0. The van der Waals surface area contributed by atoms with Crippen molar-refractivity contribution in [3.63, 3.8) is 0 Å². The Kier molecular flexibility index (Phi) is 5.83. The van der Waals surface area contributed by atoms with Gasteiger partial charge < -0.3 is 11.2 Å². The van der Waals surface area contributed by atoms with Crippen molar-refractivity contribution in [1.82, 2.24) is 4.98 Å². The lowest BCUT2D eigenvalue weighted by atomic mass is 10.0. The molecule has 1 amide bonds. The van der Waals surface area contributed by atoms with Gasteiger partial charge in [-0.25, -0.2) is 0 Å². The summed E-state index contributed by atoms with van der Waals surface area (Å²) in [6.07, 6.45) is 3.19. The van der Waals surface area contributed by atoms with Gasteiger partial charge in [0.2, 0.25) is 0 Å². The number of amides is 1. The highest BCUT2D eigenvalue weighted by atomic mass is 32.1. The predicted octanol–water partition coefficient (Wildman–Crippen LogP) is 4.89. The van der Waals surface area contributed by atoms with Crippen molar-refractivity contribution in [2.75, 3.05) is 5.32 Å². The Morgan fingerprint density at radius 3 is 2.71 bits per heavy atom. The zero-order valence-corrected chi connectivity index (χ0v) is 17.1. The molecule has 0 unspecified atom stereocenters. The molecular formula is C24H17N5OS. The average Bonchev–Trinajstić information content (AvgIpc) is 3.29. The first-order valence-corrected chi connectivity index (χ1v) is 10.3. The van der Waals surface area contributed by atoms with Gasteiger partial charge in [0.25, 0.3) is 5.91 Å². The van der Waals surface area contributed by atoms with E-state index in [1.165, 1.54) is 11.3 Å². The second-order valence-electron chi connectivity index (χ2n) is 6.61. The summed E-state index contributed by atoms with van der Waals surface area (Å²) in [4.78, 5) is 18.1. The summed E-state index contributed by atoms with van der Waals surface area (Å²) in [5, 5.41) is 17.6. The van der Waals surface area contributed by atoms with E-state index in [4.69, 9.17) is 5.84 Å². The van der Waals surface area contributed by atoms with Crippen molar-refractivity contribution in [2.45, 2.75) is 0 Å². The maximum atomic E-state index is 13.0. The molecule has 31 heavy (non-hydrogen) atoms. The number of thiophene rings is 1. The van der Waals surface area contributed by atoms with Crippen LogP contribution in [0.2, 0.25) is 0 Å². The number of aromatic nitrogens is 1. The quantitative estimate of drug-likeness (QED) is 0.271. The predicted molar refractivity (Wildman–Crippen MR) is 124 cm³/mol. The third kappa shape index (κ3) is 4.34. The van der Waals surface area contributed by atoms with Gasteiger partial charge in [0.05, 0.1) is 17.5 Å². The topological polar surface area (TPSA) is 104 Å². The smallest absolute Gasteiger partial charge is 0.257 e. The first kappa shape index (κ1) is 20.0. The van der Waals surface area contributed by atoms with Crippen molar-refractivity contribution in [3.8, 4) is 28.5 Å². The van der Waals surface area contributed by atoms with Gasteiger partial charge in [0.1, 0.15) is 10.9 Å². The Morgan fingerprint density at radius 2 is 1.94 bits per heavy atom. The zero-order valence-electron chi connectivity index (χ0n) is 16.3. The fourth-order valence-corrected chi connectivity index (χ4v) is 3.93. The third-order valence-corrected chi connectivity index (χ3v) is 5.48. The maximum absolute atomic E-state index is 13.0. The summed E-state index contributed by atoms with van der Waals surface area (Å²) in [6, 6.07) is 22.5. The Morgan fingerprint density at radius 1 is 1.10 bits per heavy atom. The number of carbonyl (C=O) groups excluding carboxylic acids is 1. The minimum Gasteiger partial charge on any atom is -0.323 e. The molecule has 0 aliphatic heterocycles. The average molecular weight is 424 g/mol. The molecule has 0 atom stereocenters. The van der Waals surface area contributed by atoms with Crippen LogP contribution in [0.1, 0.15) is 20.8 Å². The second-order valence-corrected chi connectivity index (χ2v) is 7.53. The number of pyridine rings is 1. The molecule has 2 aromatic heterocycles. The third-order valence-electron chi connectivity index (χ3n) is 4.66. The van der Waals surface area contributed by atoms with Crippen molar-refractivity contribution < 1.29 is 4.79 Å². The van der Waals surface area contributed by atoms with Gasteiger partial charge in [-0.05, 0) is 52.9 Å². The van der Waals surface area contributed by atoms with Crippen LogP contribution in [0.15, 0.2) is 83.4 Å². The Hall–Kier alpha value is -4.28. The van der Waals surface area contributed by atoms with Crippen LogP contribution in [-0.2, 0) is 0 Å². The molecule has 0 bridgehead atoms. The fraction of sp³-hybridized carbons (Fsp3) is 0. The minimum atomic E-state index is -0.262. The van der Waals surface area contributed by atoms with E-state index in [0.29, 0.717) is 21.8 Å². The van der Waals surface area contributed by atoms with Crippen LogP contribution in [0.5, 0.6) is 0 Å². The van der Waals surface area contributed by atoms with Crippen molar-refractivity contribution in [1.29, 1.82) is 5.26 Å². The molecule has 6 nitrogen and oxygen atoms in total. The van der Waals surface area contributed by atoms with E-state index in [1.54, 1.807) is 24.5 Å². The zero-order chi connectivity index (χ0) is 21.6. The van der Waals surface area contributed by atoms with Gasteiger partial charge in [0, 0.05) is 23.0 Å². The van der Waals surface area contributed by atoms with Crippen LogP contribution in [0.4, 0.5) is 5.69 Å². The summed E-state index contributed by atoms with van der Waals surface area (Å²) in [6.45, 7) is 0. The molecule has 150 valence electrons. The number of anilines is 1. The molecule has 7 heteroatoms. The molecule has 4 rings (SSSR count). The van der Waals surface area contributed by atoms with E-state index in [-0.39, 0.29) is 5.91 Å². The lowest BCUT2D eigenvalue weighted by Gasteiger charge is -2.10. The highest BCUT2D eigenvalue weighted by Crippen LogP contribution is 2.29. The monoisotopic (exact) mass is 423 g/mol. The molecule has 0 radical (unpaired) electrons. The van der Waals surface area contributed by atoms with E-state index in [1.807, 2.05) is 60.0 Å². The second kappa shape index (κ2) is 9.03. The number of hydrogen-bond acceptors (Lipinski definition) is 6. The van der Waals surface area contributed by atoms with Crippen molar-refractivity contribution in [2.24, 2.45) is 10.9 Å². The normalized spacial score (nSPS) is 10.7. The van der Waals surface area contributed by atoms with Gasteiger partial charge in [0.15, 0.2) is 0 Å². The number of nitriles is 1. The molecule has 0 aliphatic carbocycles. The Balaban J connectivity index is 1.59. The molecule has 2 heterocycles. The van der Waals surface area contributed by atoms with Crippen LogP contribution >= 0.6 is 11.3 Å². The molecule has 0 fully saturated rings. The minimum absolute atomic E-state index is 0.262. The van der Waals surface area contributed by atoms with Crippen LogP contribution < -0.4 is 11.2 Å². The Labute approximate surface area is 183 Å². The summed E-state index contributed by atoms with van der Waals surface area (Å²) >= 11 is 1.41. The number of hydrazone groups is 1. The summed E-state index contributed by atoms with van der Waals surface area (Å²) in [5.74, 6) is 4.98. The SMILES string of the molecule is N#Cc1sccc1-c1ccc(NC(=O)c2cccnc2-c2cccc(C=NN)c2)cc1. The molecule has 4 aromatic rings. The number of nitrogens with zero attached hydrogens (tertiary/aromatic N) is 3. The van der Waals surface area contributed by atoms with E-state index in [0.717, 1.165) is 22.3 Å². The van der Waals surface area contributed by atoms with Gasteiger partial charge in [-0.1, -0.05) is 30.3 Å². The van der Waals surface area contributed by atoms with E-state index < -0.39 is 0 Å². The highest BCUT2D eigenvalue weighted by molar-refractivity contribution is 7.11. The van der Waals surface area contributed by atoms with Crippen LogP contribution in [0.3, 0.4) is 0 Å². The van der Waals surface area contributed by atoms with Crippen molar-refractivity contribution in [3.05, 3.63) is 94.3 Å². The largest absolute Gasteiger partial charge is 0.323 e. The van der Waals surface area contributed by atoms with Crippen LogP contribution in [0.25, 0.3) is 22.4 Å². The number of nitrogens with two attached hydrogens (primary N) is 1. The van der Waals surface area contributed by atoms with E-state index >= 15 is 0 Å². The lowest BCUT2D eigenvalue weighted by molar-refractivity contribution is 0.102. The van der Waals surface area contributed by atoms with Gasteiger partial charge in [-0.3, -0.25) is 9.78 Å². The number of nitrogens with one attached hydrogen (secondary N) is 1. The lowest BCUT2D eigenvalue weighted by Crippen LogP contribution is -2.13. The van der Waals surface area contributed by atoms with Crippen LogP contribution in [0, 0.1) is 11.3 Å². The van der Waals surface area contributed by atoms with Crippen molar-refractivity contribution >= 4 is 29.1 Å². The van der Waals surface area contributed by atoms with E-state index in [2.05, 4.69) is 21.5 Å².